The molecule has 3 heterocycles. The molecule has 1 N–H and O–H groups in total. The van der Waals surface area contributed by atoms with Crippen molar-refractivity contribution in [3.63, 3.8) is 0 Å². The van der Waals surface area contributed by atoms with Gasteiger partial charge in [0.15, 0.2) is 0 Å². The summed E-state index contributed by atoms with van der Waals surface area (Å²) in [6.07, 6.45) is 7.03. The SMILES string of the molecule is COc1ccc(OC)c(CC(=O)N2C[C@@H](c3cccnc3)[C@@]3(CCCCC(=O)N3)C2)c1. The summed E-state index contributed by atoms with van der Waals surface area (Å²) in [5.74, 6) is 1.44. The molecule has 4 rings (SSSR count). The molecule has 164 valence electrons. The van der Waals surface area contributed by atoms with E-state index in [4.69, 9.17) is 9.47 Å². The van der Waals surface area contributed by atoms with Crippen LogP contribution in [-0.2, 0) is 16.0 Å². The molecule has 2 aliphatic rings. The highest BCUT2D eigenvalue weighted by Crippen LogP contribution is 2.41. The van der Waals surface area contributed by atoms with E-state index in [1.807, 2.05) is 41.4 Å². The zero-order valence-corrected chi connectivity index (χ0v) is 18.1. The van der Waals surface area contributed by atoms with E-state index in [2.05, 4.69) is 10.3 Å². The molecule has 1 aromatic carbocycles. The lowest BCUT2D eigenvalue weighted by molar-refractivity contribution is -0.130. The summed E-state index contributed by atoms with van der Waals surface area (Å²) in [6.45, 7) is 1.06. The molecule has 2 aliphatic heterocycles. The van der Waals surface area contributed by atoms with Crippen LogP contribution in [0.25, 0.3) is 0 Å². The molecule has 31 heavy (non-hydrogen) atoms. The van der Waals surface area contributed by atoms with Gasteiger partial charge in [0.2, 0.25) is 11.8 Å². The smallest absolute Gasteiger partial charge is 0.227 e. The average molecular weight is 424 g/mol. The molecule has 2 aromatic rings. The number of nitrogens with one attached hydrogen (secondary N) is 1. The van der Waals surface area contributed by atoms with Gasteiger partial charge in [-0.2, -0.15) is 0 Å². The Hall–Kier alpha value is -3.09. The van der Waals surface area contributed by atoms with Gasteiger partial charge in [0.1, 0.15) is 11.5 Å². The van der Waals surface area contributed by atoms with Crippen molar-refractivity contribution in [3.8, 4) is 11.5 Å². The van der Waals surface area contributed by atoms with Crippen molar-refractivity contribution in [3.05, 3.63) is 53.9 Å². The number of methoxy groups -OCH3 is 2. The van der Waals surface area contributed by atoms with Crippen molar-refractivity contribution in [2.24, 2.45) is 0 Å². The Morgan fingerprint density at radius 1 is 1.26 bits per heavy atom. The number of rotatable bonds is 5. The molecular formula is C24H29N3O4. The predicted octanol–water partition coefficient (Wildman–Crippen LogP) is 2.70. The van der Waals surface area contributed by atoms with Crippen molar-refractivity contribution in [2.75, 3.05) is 27.3 Å². The minimum absolute atomic E-state index is 0.0100. The molecule has 2 saturated heterocycles. The first-order chi connectivity index (χ1) is 15.0. The van der Waals surface area contributed by atoms with Crippen molar-refractivity contribution < 1.29 is 19.1 Å². The lowest BCUT2D eigenvalue weighted by Crippen LogP contribution is -2.53. The molecule has 2 amide bonds. The molecule has 0 saturated carbocycles. The fourth-order valence-electron chi connectivity index (χ4n) is 4.91. The van der Waals surface area contributed by atoms with Gasteiger partial charge >= 0.3 is 0 Å². The van der Waals surface area contributed by atoms with E-state index in [1.165, 1.54) is 0 Å². The third kappa shape index (κ3) is 4.36. The first kappa shape index (κ1) is 21.2. The highest BCUT2D eigenvalue weighted by Gasteiger charge is 2.49. The van der Waals surface area contributed by atoms with Gasteiger partial charge in [0.05, 0.1) is 26.2 Å². The zero-order valence-electron chi connectivity index (χ0n) is 18.1. The van der Waals surface area contributed by atoms with Crippen molar-refractivity contribution in [1.82, 2.24) is 15.2 Å². The van der Waals surface area contributed by atoms with Crippen LogP contribution in [0.3, 0.4) is 0 Å². The Kier molecular flexibility index (Phi) is 6.11. The maximum absolute atomic E-state index is 13.4. The molecule has 7 nitrogen and oxygen atoms in total. The molecule has 2 fully saturated rings. The quantitative estimate of drug-likeness (QED) is 0.800. The number of carbonyl (C=O) groups is 2. The lowest BCUT2D eigenvalue weighted by atomic mass is 9.79. The van der Waals surface area contributed by atoms with Crippen LogP contribution in [0.1, 0.15) is 42.7 Å². The van der Waals surface area contributed by atoms with Gasteiger partial charge < -0.3 is 19.7 Å². The molecule has 1 spiro atoms. The molecule has 2 atom stereocenters. The normalized spacial score (nSPS) is 23.4. The van der Waals surface area contributed by atoms with Crippen LogP contribution in [0.4, 0.5) is 0 Å². The molecule has 0 aliphatic carbocycles. The van der Waals surface area contributed by atoms with Gasteiger partial charge in [0.25, 0.3) is 0 Å². The first-order valence-corrected chi connectivity index (χ1v) is 10.7. The molecule has 0 bridgehead atoms. The van der Waals surface area contributed by atoms with Crippen LogP contribution >= 0.6 is 0 Å². The minimum Gasteiger partial charge on any atom is -0.497 e. The molecule has 0 radical (unpaired) electrons. The van der Waals surface area contributed by atoms with Crippen LogP contribution in [0.2, 0.25) is 0 Å². The fraction of sp³-hybridized carbons (Fsp3) is 0.458. The van der Waals surface area contributed by atoms with Gasteiger partial charge in [-0.3, -0.25) is 14.6 Å². The van der Waals surface area contributed by atoms with Gasteiger partial charge in [-0.05, 0) is 42.7 Å². The number of hydrogen-bond donors (Lipinski definition) is 1. The van der Waals surface area contributed by atoms with Crippen LogP contribution < -0.4 is 14.8 Å². The zero-order chi connectivity index (χ0) is 21.8. The number of pyridine rings is 1. The maximum atomic E-state index is 13.4. The number of benzene rings is 1. The maximum Gasteiger partial charge on any atom is 0.227 e. The van der Waals surface area contributed by atoms with E-state index in [9.17, 15) is 9.59 Å². The van der Waals surface area contributed by atoms with Crippen LogP contribution in [0.15, 0.2) is 42.7 Å². The highest BCUT2D eigenvalue weighted by molar-refractivity contribution is 5.81. The van der Waals surface area contributed by atoms with Crippen LogP contribution in [0, 0.1) is 0 Å². The van der Waals surface area contributed by atoms with Gasteiger partial charge in [0, 0.05) is 43.4 Å². The number of amides is 2. The standard InChI is InChI=1S/C24H29N3O4/c1-30-19-8-9-21(31-2)18(12-19)13-23(29)27-15-20(17-6-5-11-25-14-17)24(16-27)10-4-3-7-22(28)26-24/h5-6,8-9,11-12,14,20H,3-4,7,10,13,15-16H2,1-2H3,(H,26,28)/t20-,24+/m0/s1. The van der Waals surface area contributed by atoms with E-state index >= 15 is 0 Å². The second-order valence-corrected chi connectivity index (χ2v) is 8.38. The van der Waals surface area contributed by atoms with Crippen LogP contribution in [0.5, 0.6) is 11.5 Å². The Balaban J connectivity index is 1.61. The van der Waals surface area contributed by atoms with Crippen molar-refractivity contribution >= 4 is 11.8 Å². The summed E-state index contributed by atoms with van der Waals surface area (Å²) >= 11 is 0. The summed E-state index contributed by atoms with van der Waals surface area (Å²) in [5, 5.41) is 3.29. The summed E-state index contributed by atoms with van der Waals surface area (Å²) in [5.41, 5.74) is 1.39. The molecule has 1 aromatic heterocycles. The molecule has 7 heteroatoms. The minimum atomic E-state index is -0.454. The van der Waals surface area contributed by atoms with Gasteiger partial charge in [-0.25, -0.2) is 0 Å². The largest absolute Gasteiger partial charge is 0.497 e. The Bertz CT molecular complexity index is 949. The molecular weight excluding hydrogens is 394 g/mol. The van der Waals surface area contributed by atoms with Crippen molar-refractivity contribution in [1.29, 1.82) is 0 Å². The second-order valence-electron chi connectivity index (χ2n) is 8.38. The van der Waals surface area contributed by atoms with E-state index in [0.29, 0.717) is 31.0 Å². The van der Waals surface area contributed by atoms with Crippen molar-refractivity contribution in [2.45, 2.75) is 43.6 Å². The summed E-state index contributed by atoms with van der Waals surface area (Å²) in [6, 6.07) is 9.42. The third-order valence-electron chi connectivity index (χ3n) is 6.48. The number of hydrogen-bond acceptors (Lipinski definition) is 5. The Morgan fingerprint density at radius 2 is 2.13 bits per heavy atom. The second kappa shape index (κ2) is 8.96. The third-order valence-corrected chi connectivity index (χ3v) is 6.48. The van der Waals surface area contributed by atoms with E-state index in [-0.39, 0.29) is 24.2 Å². The van der Waals surface area contributed by atoms with E-state index in [0.717, 1.165) is 30.4 Å². The summed E-state index contributed by atoms with van der Waals surface area (Å²) in [7, 11) is 3.20. The average Bonchev–Trinajstić information content (AvgIpc) is 3.05. The molecule has 0 unspecified atom stereocenters. The number of aromatic nitrogens is 1. The van der Waals surface area contributed by atoms with E-state index < -0.39 is 5.54 Å². The Morgan fingerprint density at radius 3 is 2.87 bits per heavy atom. The summed E-state index contributed by atoms with van der Waals surface area (Å²) < 4.78 is 10.8. The van der Waals surface area contributed by atoms with Gasteiger partial charge in [-0.15, -0.1) is 0 Å². The summed E-state index contributed by atoms with van der Waals surface area (Å²) in [4.78, 5) is 32.0. The fourth-order valence-corrected chi connectivity index (χ4v) is 4.91. The Labute approximate surface area is 182 Å². The first-order valence-electron chi connectivity index (χ1n) is 10.7. The monoisotopic (exact) mass is 423 g/mol. The highest BCUT2D eigenvalue weighted by atomic mass is 16.5. The topological polar surface area (TPSA) is 80.8 Å². The van der Waals surface area contributed by atoms with Crippen LogP contribution in [-0.4, -0.2) is 54.5 Å². The number of ether oxygens (including phenoxy) is 2. The number of nitrogens with zero attached hydrogens (tertiary/aromatic N) is 2. The van der Waals surface area contributed by atoms with Gasteiger partial charge in [-0.1, -0.05) is 12.5 Å². The van der Waals surface area contributed by atoms with E-state index in [1.54, 1.807) is 20.4 Å². The predicted molar refractivity (Wildman–Crippen MR) is 116 cm³/mol. The lowest BCUT2D eigenvalue weighted by Gasteiger charge is -2.34. The number of likely N-dealkylation sites (tertiary alicyclic amines) is 1. The number of carbonyl (C=O) groups excluding carboxylic acids is 2.